The highest BCUT2D eigenvalue weighted by atomic mass is 32.2. The normalized spacial score (nSPS) is 11.8. The fourth-order valence-electron chi connectivity index (χ4n) is 3.01. The van der Waals surface area contributed by atoms with E-state index in [1.54, 1.807) is 7.11 Å². The van der Waals surface area contributed by atoms with Gasteiger partial charge in [0.05, 0.1) is 28.7 Å². The molecule has 0 spiro atoms. The number of nitrogens with one attached hydrogen (secondary N) is 2. The van der Waals surface area contributed by atoms with Gasteiger partial charge in [-0.2, -0.15) is 0 Å². The quantitative estimate of drug-likeness (QED) is 0.454. The fourth-order valence-corrected chi connectivity index (χ4v) is 3.83. The molecule has 7 heteroatoms. The molecule has 1 heterocycles. The SMILES string of the molecule is COc1ccccc1Nc1nc2cc(C)ccc2nc1NS(=O)c1ccc(C)cc1. The van der Waals surface area contributed by atoms with Crippen molar-refractivity contribution >= 4 is 39.3 Å². The molecule has 0 saturated carbocycles. The Bertz CT molecular complexity index is 1230. The third-order valence-electron chi connectivity index (χ3n) is 4.60. The predicted molar refractivity (Wildman–Crippen MR) is 122 cm³/mol. The van der Waals surface area contributed by atoms with E-state index in [9.17, 15) is 4.21 Å². The van der Waals surface area contributed by atoms with E-state index in [0.29, 0.717) is 22.3 Å². The smallest absolute Gasteiger partial charge is 0.182 e. The van der Waals surface area contributed by atoms with Crippen LogP contribution in [0.3, 0.4) is 0 Å². The first-order valence-corrected chi connectivity index (χ1v) is 10.6. The summed E-state index contributed by atoms with van der Waals surface area (Å²) in [6.07, 6.45) is 0. The van der Waals surface area contributed by atoms with Crippen molar-refractivity contribution in [2.45, 2.75) is 18.7 Å². The van der Waals surface area contributed by atoms with E-state index >= 15 is 0 Å². The van der Waals surface area contributed by atoms with Gasteiger partial charge in [0.1, 0.15) is 5.75 Å². The monoisotopic (exact) mass is 418 g/mol. The number of nitrogens with zero attached hydrogens (tertiary/aromatic N) is 2. The average Bonchev–Trinajstić information content (AvgIpc) is 2.75. The number of ether oxygens (including phenoxy) is 1. The molecule has 1 atom stereocenters. The first kappa shape index (κ1) is 19.8. The lowest BCUT2D eigenvalue weighted by atomic mass is 10.2. The number of anilines is 3. The zero-order valence-electron chi connectivity index (χ0n) is 17.0. The molecule has 30 heavy (non-hydrogen) atoms. The molecule has 4 aromatic rings. The van der Waals surface area contributed by atoms with E-state index in [1.807, 2.05) is 80.6 Å². The van der Waals surface area contributed by atoms with Gasteiger partial charge in [0.15, 0.2) is 22.6 Å². The molecule has 1 unspecified atom stereocenters. The van der Waals surface area contributed by atoms with Crippen LogP contribution in [0.2, 0.25) is 0 Å². The van der Waals surface area contributed by atoms with Crippen LogP contribution in [-0.4, -0.2) is 21.3 Å². The molecular formula is C23H22N4O2S. The highest BCUT2D eigenvalue weighted by molar-refractivity contribution is 7.86. The molecule has 0 fully saturated rings. The number of aromatic nitrogens is 2. The molecule has 3 aromatic carbocycles. The van der Waals surface area contributed by atoms with Crippen molar-refractivity contribution in [3.05, 3.63) is 77.9 Å². The summed E-state index contributed by atoms with van der Waals surface area (Å²) in [4.78, 5) is 10.1. The largest absolute Gasteiger partial charge is 0.495 e. The summed E-state index contributed by atoms with van der Waals surface area (Å²) in [5.74, 6) is 1.54. The van der Waals surface area contributed by atoms with Crippen LogP contribution < -0.4 is 14.8 Å². The molecule has 0 radical (unpaired) electrons. The van der Waals surface area contributed by atoms with Gasteiger partial charge in [-0.25, -0.2) is 14.2 Å². The van der Waals surface area contributed by atoms with Crippen LogP contribution in [-0.2, 0) is 11.0 Å². The maximum absolute atomic E-state index is 12.9. The van der Waals surface area contributed by atoms with Crippen molar-refractivity contribution in [3.63, 3.8) is 0 Å². The zero-order valence-corrected chi connectivity index (χ0v) is 17.8. The van der Waals surface area contributed by atoms with Gasteiger partial charge in [0.2, 0.25) is 0 Å². The second kappa shape index (κ2) is 8.51. The molecule has 6 nitrogen and oxygen atoms in total. The summed E-state index contributed by atoms with van der Waals surface area (Å²) in [5, 5.41) is 3.27. The number of aryl methyl sites for hydroxylation is 2. The van der Waals surface area contributed by atoms with E-state index in [0.717, 1.165) is 27.8 Å². The van der Waals surface area contributed by atoms with Gasteiger partial charge in [-0.1, -0.05) is 35.9 Å². The van der Waals surface area contributed by atoms with Crippen LogP contribution >= 0.6 is 0 Å². The minimum Gasteiger partial charge on any atom is -0.495 e. The van der Waals surface area contributed by atoms with E-state index < -0.39 is 11.0 Å². The topological polar surface area (TPSA) is 76.1 Å². The molecule has 0 aliphatic rings. The first-order valence-electron chi connectivity index (χ1n) is 9.47. The van der Waals surface area contributed by atoms with E-state index in [2.05, 4.69) is 15.0 Å². The van der Waals surface area contributed by atoms with Crippen molar-refractivity contribution in [2.24, 2.45) is 0 Å². The van der Waals surface area contributed by atoms with Crippen LogP contribution in [0.25, 0.3) is 11.0 Å². The Labute approximate surface area is 177 Å². The third kappa shape index (κ3) is 4.26. The van der Waals surface area contributed by atoms with E-state index in [1.165, 1.54) is 0 Å². The van der Waals surface area contributed by atoms with Crippen molar-refractivity contribution < 1.29 is 8.95 Å². The lowest BCUT2D eigenvalue weighted by Crippen LogP contribution is -2.10. The fraction of sp³-hybridized carbons (Fsp3) is 0.130. The maximum Gasteiger partial charge on any atom is 0.182 e. The van der Waals surface area contributed by atoms with Crippen LogP contribution in [0, 0.1) is 13.8 Å². The standard InChI is InChI=1S/C23H22N4O2S/c1-15-8-11-17(12-9-15)30(28)27-23-22(25-19-6-4-5-7-21(19)29-3)26-20-14-16(2)10-13-18(20)24-23/h4-14H,1-3H3,(H,24,27)(H,25,26). The lowest BCUT2D eigenvalue weighted by Gasteiger charge is -2.15. The molecule has 4 rings (SSSR count). The predicted octanol–water partition coefficient (Wildman–Crippen LogP) is 5.13. The Hall–Kier alpha value is -3.45. The molecule has 0 saturated heterocycles. The van der Waals surface area contributed by atoms with Crippen molar-refractivity contribution in [1.29, 1.82) is 0 Å². The number of hydrogen-bond donors (Lipinski definition) is 2. The van der Waals surface area contributed by atoms with Gasteiger partial charge in [0.25, 0.3) is 0 Å². The minimum absolute atomic E-state index is 0.399. The number of para-hydroxylation sites is 2. The summed E-state index contributed by atoms with van der Waals surface area (Å²) >= 11 is 0. The van der Waals surface area contributed by atoms with Crippen molar-refractivity contribution in [1.82, 2.24) is 9.97 Å². The van der Waals surface area contributed by atoms with Gasteiger partial charge in [-0.15, -0.1) is 0 Å². The Morgan fingerprint density at radius 2 is 1.53 bits per heavy atom. The van der Waals surface area contributed by atoms with E-state index in [4.69, 9.17) is 9.72 Å². The molecular weight excluding hydrogens is 396 g/mol. The van der Waals surface area contributed by atoms with Gasteiger partial charge in [-0.05, 0) is 55.8 Å². The highest BCUT2D eigenvalue weighted by Crippen LogP contribution is 2.31. The summed E-state index contributed by atoms with van der Waals surface area (Å²) in [6, 6.07) is 20.9. The van der Waals surface area contributed by atoms with Gasteiger partial charge < -0.3 is 10.1 Å². The Kier molecular flexibility index (Phi) is 5.63. The Morgan fingerprint density at radius 1 is 0.833 bits per heavy atom. The molecule has 152 valence electrons. The molecule has 2 N–H and O–H groups in total. The highest BCUT2D eigenvalue weighted by Gasteiger charge is 2.14. The second-order valence-electron chi connectivity index (χ2n) is 6.92. The summed E-state index contributed by atoms with van der Waals surface area (Å²) in [6.45, 7) is 4.00. The second-order valence-corrected chi connectivity index (χ2v) is 8.14. The zero-order chi connectivity index (χ0) is 21.1. The number of benzene rings is 3. The number of fused-ring (bicyclic) bond motifs is 1. The first-order chi connectivity index (χ1) is 14.5. The van der Waals surface area contributed by atoms with E-state index in [-0.39, 0.29) is 0 Å². The molecule has 1 aromatic heterocycles. The van der Waals surface area contributed by atoms with Gasteiger partial charge in [0, 0.05) is 0 Å². The van der Waals surface area contributed by atoms with Crippen molar-refractivity contribution in [2.75, 3.05) is 17.1 Å². The summed E-state index contributed by atoms with van der Waals surface area (Å²) in [7, 11) is 0.124. The van der Waals surface area contributed by atoms with Gasteiger partial charge in [-0.3, -0.25) is 4.72 Å². The van der Waals surface area contributed by atoms with Crippen LogP contribution in [0.15, 0.2) is 71.6 Å². The average molecular weight is 419 g/mol. The number of hydrogen-bond acceptors (Lipinski definition) is 5. The Morgan fingerprint density at radius 3 is 2.30 bits per heavy atom. The Balaban J connectivity index is 1.76. The molecule has 0 aliphatic heterocycles. The lowest BCUT2D eigenvalue weighted by molar-refractivity contribution is 0.417. The number of methoxy groups -OCH3 is 1. The van der Waals surface area contributed by atoms with Gasteiger partial charge >= 0.3 is 0 Å². The molecule has 0 bridgehead atoms. The molecule has 0 amide bonds. The van der Waals surface area contributed by atoms with Crippen molar-refractivity contribution in [3.8, 4) is 5.75 Å². The maximum atomic E-state index is 12.9. The third-order valence-corrected chi connectivity index (χ3v) is 5.68. The molecule has 0 aliphatic carbocycles. The number of rotatable bonds is 6. The van der Waals surface area contributed by atoms with Crippen LogP contribution in [0.4, 0.5) is 17.3 Å². The summed E-state index contributed by atoms with van der Waals surface area (Å²) in [5.41, 5.74) is 4.40. The van der Waals surface area contributed by atoms with Crippen LogP contribution in [0.5, 0.6) is 5.75 Å². The minimum atomic E-state index is -1.49. The summed E-state index contributed by atoms with van der Waals surface area (Å²) < 4.78 is 21.4. The van der Waals surface area contributed by atoms with Crippen LogP contribution in [0.1, 0.15) is 11.1 Å².